The fraction of sp³-hybridized carbons (Fsp3) is 0.375. The maximum atomic E-state index is 12.3. The van der Waals surface area contributed by atoms with E-state index in [0.717, 1.165) is 11.1 Å². The molecular formula is C16H21NO5S. The Balaban J connectivity index is 2.04. The molecule has 0 spiro atoms. The Kier molecular flexibility index (Phi) is 5.46. The summed E-state index contributed by atoms with van der Waals surface area (Å²) in [4.78, 5) is 0.181. The fourth-order valence-electron chi connectivity index (χ4n) is 2.42. The van der Waals surface area contributed by atoms with Crippen LogP contribution in [0.3, 0.4) is 0 Å². The van der Waals surface area contributed by atoms with Gasteiger partial charge in [0.2, 0.25) is 10.0 Å². The summed E-state index contributed by atoms with van der Waals surface area (Å²) in [5.41, 5.74) is 1.51. The number of nitrogens with one attached hydrogen (secondary N) is 1. The molecule has 0 saturated carbocycles. The number of methoxy groups -OCH3 is 1. The maximum Gasteiger partial charge on any atom is 0.240 e. The second kappa shape index (κ2) is 7.16. The summed E-state index contributed by atoms with van der Waals surface area (Å²) < 4.78 is 37.5. The molecule has 0 fully saturated rings. The minimum Gasteiger partial charge on any atom is -0.496 e. The van der Waals surface area contributed by atoms with E-state index in [1.165, 1.54) is 6.26 Å². The molecule has 2 aromatic rings. The van der Waals surface area contributed by atoms with Gasteiger partial charge in [-0.05, 0) is 55.7 Å². The number of rotatable bonds is 7. The molecule has 126 valence electrons. The van der Waals surface area contributed by atoms with Crippen molar-refractivity contribution in [2.45, 2.75) is 31.3 Å². The molecule has 6 nitrogen and oxygen atoms in total. The Morgan fingerprint density at radius 2 is 1.96 bits per heavy atom. The predicted molar refractivity (Wildman–Crippen MR) is 85.9 cm³/mol. The van der Waals surface area contributed by atoms with Gasteiger partial charge in [0.05, 0.1) is 18.3 Å². The standard InChI is InChI=1S/C16H21NO5S/c1-11-9-13(10-12(2)16(11)21-3)23(19,20)17-7-6-14(18)15-5-4-8-22-15/h4-5,8-10,14,17-18H,6-7H2,1-3H3. The number of aliphatic hydroxyl groups is 1. The molecule has 1 heterocycles. The second-order valence-electron chi connectivity index (χ2n) is 5.31. The van der Waals surface area contributed by atoms with Gasteiger partial charge >= 0.3 is 0 Å². The van der Waals surface area contributed by atoms with Gasteiger partial charge in [-0.2, -0.15) is 0 Å². The first-order chi connectivity index (χ1) is 10.8. The summed E-state index contributed by atoms with van der Waals surface area (Å²) in [5.74, 6) is 1.09. The number of benzene rings is 1. The number of hydrogen-bond acceptors (Lipinski definition) is 5. The zero-order chi connectivity index (χ0) is 17.0. The lowest BCUT2D eigenvalue weighted by molar-refractivity contribution is 0.142. The highest BCUT2D eigenvalue weighted by molar-refractivity contribution is 7.89. The lowest BCUT2D eigenvalue weighted by Gasteiger charge is -2.13. The van der Waals surface area contributed by atoms with Crippen LogP contribution in [0.5, 0.6) is 5.75 Å². The Morgan fingerprint density at radius 3 is 2.48 bits per heavy atom. The van der Waals surface area contributed by atoms with Crippen molar-refractivity contribution >= 4 is 10.0 Å². The summed E-state index contributed by atoms with van der Waals surface area (Å²) in [6, 6.07) is 6.45. The van der Waals surface area contributed by atoms with Crippen molar-refractivity contribution in [2.24, 2.45) is 0 Å². The Labute approximate surface area is 136 Å². The van der Waals surface area contributed by atoms with Crippen LogP contribution in [-0.2, 0) is 10.0 Å². The highest BCUT2D eigenvalue weighted by Crippen LogP contribution is 2.26. The summed E-state index contributed by atoms with van der Waals surface area (Å²) >= 11 is 0. The molecule has 2 rings (SSSR count). The number of furan rings is 1. The molecule has 0 aliphatic heterocycles. The zero-order valence-corrected chi connectivity index (χ0v) is 14.2. The summed E-state index contributed by atoms with van der Waals surface area (Å²) in [7, 11) is -2.09. The van der Waals surface area contributed by atoms with Crippen LogP contribution in [0.15, 0.2) is 39.8 Å². The van der Waals surface area contributed by atoms with Gasteiger partial charge in [0.25, 0.3) is 0 Å². The third-order valence-electron chi connectivity index (χ3n) is 3.53. The van der Waals surface area contributed by atoms with E-state index in [2.05, 4.69) is 4.72 Å². The Morgan fingerprint density at radius 1 is 1.30 bits per heavy atom. The van der Waals surface area contributed by atoms with Gasteiger partial charge in [0, 0.05) is 6.54 Å². The molecule has 0 aliphatic carbocycles. The van der Waals surface area contributed by atoms with E-state index in [-0.39, 0.29) is 17.9 Å². The van der Waals surface area contributed by atoms with Crippen molar-refractivity contribution in [2.75, 3.05) is 13.7 Å². The fourth-order valence-corrected chi connectivity index (χ4v) is 3.64. The normalized spacial score (nSPS) is 13.0. The van der Waals surface area contributed by atoms with Crippen LogP contribution < -0.4 is 9.46 Å². The minimum atomic E-state index is -3.64. The van der Waals surface area contributed by atoms with Gasteiger partial charge < -0.3 is 14.3 Å². The molecule has 0 radical (unpaired) electrons. The molecule has 1 aromatic heterocycles. The van der Waals surface area contributed by atoms with Crippen LogP contribution in [0.2, 0.25) is 0 Å². The van der Waals surface area contributed by atoms with Gasteiger partial charge in [0.15, 0.2) is 0 Å². The third kappa shape index (κ3) is 4.13. The Hall–Kier alpha value is -1.83. The maximum absolute atomic E-state index is 12.3. The van der Waals surface area contributed by atoms with Gasteiger partial charge in [-0.15, -0.1) is 0 Å². The molecule has 0 bridgehead atoms. The van der Waals surface area contributed by atoms with E-state index in [1.54, 1.807) is 45.2 Å². The number of hydrogen-bond donors (Lipinski definition) is 2. The van der Waals surface area contributed by atoms with Crippen LogP contribution >= 0.6 is 0 Å². The van der Waals surface area contributed by atoms with Gasteiger partial charge in [-0.3, -0.25) is 0 Å². The van der Waals surface area contributed by atoms with Crippen LogP contribution in [0.4, 0.5) is 0 Å². The van der Waals surface area contributed by atoms with E-state index >= 15 is 0 Å². The third-order valence-corrected chi connectivity index (χ3v) is 4.97. The molecular weight excluding hydrogens is 318 g/mol. The van der Waals surface area contributed by atoms with Gasteiger partial charge in [-0.25, -0.2) is 13.1 Å². The van der Waals surface area contributed by atoms with E-state index in [4.69, 9.17) is 9.15 Å². The zero-order valence-electron chi connectivity index (χ0n) is 13.4. The average Bonchev–Trinajstić information content (AvgIpc) is 3.01. The lowest BCUT2D eigenvalue weighted by atomic mass is 10.1. The summed E-state index contributed by atoms with van der Waals surface area (Å²) in [6.45, 7) is 3.70. The second-order valence-corrected chi connectivity index (χ2v) is 7.07. The van der Waals surface area contributed by atoms with E-state index in [1.807, 2.05) is 0 Å². The molecule has 0 aliphatic rings. The quantitative estimate of drug-likeness (QED) is 0.808. The van der Waals surface area contributed by atoms with E-state index in [0.29, 0.717) is 11.5 Å². The molecule has 1 aromatic carbocycles. The molecule has 23 heavy (non-hydrogen) atoms. The number of sulfonamides is 1. The van der Waals surface area contributed by atoms with Crippen molar-refractivity contribution in [1.82, 2.24) is 4.72 Å². The first kappa shape index (κ1) is 17.5. The van der Waals surface area contributed by atoms with Crippen molar-refractivity contribution in [3.05, 3.63) is 47.4 Å². The first-order valence-corrected chi connectivity index (χ1v) is 8.70. The molecule has 0 saturated heterocycles. The van der Waals surface area contributed by atoms with E-state index in [9.17, 15) is 13.5 Å². The molecule has 0 amide bonds. The average molecular weight is 339 g/mol. The minimum absolute atomic E-state index is 0.105. The van der Waals surface area contributed by atoms with Crippen molar-refractivity contribution in [1.29, 1.82) is 0 Å². The lowest BCUT2D eigenvalue weighted by Crippen LogP contribution is -2.26. The Bertz CT molecular complexity index is 730. The molecule has 2 N–H and O–H groups in total. The van der Waals surface area contributed by atoms with Crippen LogP contribution in [0, 0.1) is 13.8 Å². The number of ether oxygens (including phenoxy) is 1. The highest BCUT2D eigenvalue weighted by Gasteiger charge is 2.18. The van der Waals surface area contributed by atoms with Gasteiger partial charge in [0.1, 0.15) is 17.6 Å². The smallest absolute Gasteiger partial charge is 0.240 e. The number of aryl methyl sites for hydroxylation is 2. The highest BCUT2D eigenvalue weighted by atomic mass is 32.2. The topological polar surface area (TPSA) is 88.8 Å². The molecule has 1 atom stereocenters. The monoisotopic (exact) mass is 339 g/mol. The first-order valence-electron chi connectivity index (χ1n) is 7.21. The van der Waals surface area contributed by atoms with Crippen molar-refractivity contribution in [3.63, 3.8) is 0 Å². The van der Waals surface area contributed by atoms with Crippen LogP contribution in [-0.4, -0.2) is 27.2 Å². The van der Waals surface area contributed by atoms with Crippen molar-refractivity contribution < 1.29 is 22.7 Å². The predicted octanol–water partition coefficient (Wildman–Crippen LogP) is 2.31. The molecule has 7 heteroatoms. The van der Waals surface area contributed by atoms with Crippen LogP contribution in [0.1, 0.15) is 29.4 Å². The van der Waals surface area contributed by atoms with Crippen molar-refractivity contribution in [3.8, 4) is 5.75 Å². The van der Waals surface area contributed by atoms with Gasteiger partial charge in [-0.1, -0.05) is 0 Å². The largest absolute Gasteiger partial charge is 0.496 e. The summed E-state index contributed by atoms with van der Waals surface area (Å²) in [6.07, 6.45) is 0.846. The summed E-state index contributed by atoms with van der Waals surface area (Å²) in [5, 5.41) is 9.89. The number of aliphatic hydroxyl groups excluding tert-OH is 1. The SMILES string of the molecule is COc1c(C)cc(S(=O)(=O)NCCC(O)c2ccco2)cc1C. The van der Waals surface area contributed by atoms with Crippen LogP contribution in [0.25, 0.3) is 0 Å². The van der Waals surface area contributed by atoms with E-state index < -0.39 is 16.1 Å². The molecule has 1 unspecified atom stereocenters.